The Kier molecular flexibility index (Phi) is 1.09. The van der Waals surface area contributed by atoms with Crippen LogP contribution in [0.5, 0.6) is 0 Å². The topological polar surface area (TPSA) is 0 Å². The smallest absolute Gasteiger partial charge is 0.0230 e. The van der Waals surface area contributed by atoms with Gasteiger partial charge in [0.2, 0.25) is 0 Å². The van der Waals surface area contributed by atoms with E-state index in [0.717, 1.165) is 17.6 Å². The van der Waals surface area contributed by atoms with Gasteiger partial charge in [0.05, 0.1) is 0 Å². The second kappa shape index (κ2) is 1.62. The van der Waals surface area contributed by atoms with E-state index in [1.807, 2.05) is 0 Å². The summed E-state index contributed by atoms with van der Waals surface area (Å²) in [5.41, 5.74) is 3.60. The van der Waals surface area contributed by atoms with E-state index in [-0.39, 0.29) is 0 Å². The molecule has 0 aromatic rings. The molecule has 1 aliphatic carbocycles. The third-order valence-corrected chi connectivity index (χ3v) is 1.50. The molecular weight excluding hydrogens is 96.1 g/mol. The molecule has 1 aliphatic rings. The Balaban J connectivity index is 2.77. The SMILES string of the molecule is C=C1C=C(CC)C1=C. The summed E-state index contributed by atoms with van der Waals surface area (Å²) >= 11 is 0. The van der Waals surface area contributed by atoms with Gasteiger partial charge in [0.25, 0.3) is 0 Å². The van der Waals surface area contributed by atoms with Crippen LogP contribution in [0.2, 0.25) is 0 Å². The Bertz CT molecular complexity index is 170. The first kappa shape index (κ1) is 5.36. The zero-order chi connectivity index (χ0) is 6.15. The predicted molar refractivity (Wildman–Crippen MR) is 36.7 cm³/mol. The van der Waals surface area contributed by atoms with Crippen LogP contribution in [-0.2, 0) is 0 Å². The zero-order valence-corrected chi connectivity index (χ0v) is 5.20. The highest BCUT2D eigenvalue weighted by Gasteiger charge is 2.11. The van der Waals surface area contributed by atoms with E-state index in [1.54, 1.807) is 0 Å². The summed E-state index contributed by atoms with van der Waals surface area (Å²) in [5, 5.41) is 0. The number of hydrogen-bond acceptors (Lipinski definition) is 0. The van der Waals surface area contributed by atoms with E-state index in [4.69, 9.17) is 0 Å². The summed E-state index contributed by atoms with van der Waals surface area (Å²) in [5.74, 6) is 0. The molecule has 0 unspecified atom stereocenters. The fourth-order valence-corrected chi connectivity index (χ4v) is 0.828. The molecule has 42 valence electrons. The first-order chi connectivity index (χ1) is 3.75. The molecule has 0 aliphatic heterocycles. The molecule has 0 atom stereocenters. The molecule has 0 heterocycles. The van der Waals surface area contributed by atoms with Gasteiger partial charge in [-0.25, -0.2) is 0 Å². The van der Waals surface area contributed by atoms with Crippen LogP contribution in [0.1, 0.15) is 13.3 Å². The number of rotatable bonds is 1. The monoisotopic (exact) mass is 106 g/mol. The molecular formula is C8H10. The highest BCUT2D eigenvalue weighted by Crippen LogP contribution is 2.30. The van der Waals surface area contributed by atoms with Crippen molar-refractivity contribution in [3.63, 3.8) is 0 Å². The van der Waals surface area contributed by atoms with Gasteiger partial charge in [-0.15, -0.1) is 0 Å². The van der Waals surface area contributed by atoms with Gasteiger partial charge in [0.1, 0.15) is 0 Å². The van der Waals surface area contributed by atoms with Gasteiger partial charge in [0, 0.05) is 0 Å². The average Bonchev–Trinajstić information content (AvgIpc) is 1.81. The first-order valence-corrected chi connectivity index (χ1v) is 2.85. The van der Waals surface area contributed by atoms with E-state index in [1.165, 1.54) is 5.57 Å². The molecule has 8 heavy (non-hydrogen) atoms. The van der Waals surface area contributed by atoms with E-state index in [2.05, 4.69) is 26.2 Å². The van der Waals surface area contributed by atoms with Crippen molar-refractivity contribution in [3.8, 4) is 0 Å². The van der Waals surface area contributed by atoms with Crippen LogP contribution in [-0.4, -0.2) is 0 Å². The van der Waals surface area contributed by atoms with Gasteiger partial charge in [-0.3, -0.25) is 0 Å². The quantitative estimate of drug-likeness (QED) is 0.481. The summed E-state index contributed by atoms with van der Waals surface area (Å²) < 4.78 is 0. The van der Waals surface area contributed by atoms with Crippen molar-refractivity contribution in [1.82, 2.24) is 0 Å². The standard InChI is InChI=1S/C8H10/c1-4-8-5-6(2)7(8)3/h5H,2-4H2,1H3. The Morgan fingerprint density at radius 3 is 2.25 bits per heavy atom. The Morgan fingerprint density at radius 2 is 2.12 bits per heavy atom. The lowest BCUT2D eigenvalue weighted by molar-refractivity contribution is 1.08. The summed E-state index contributed by atoms with van der Waals surface area (Å²) in [7, 11) is 0. The normalized spacial score (nSPS) is 17.9. The highest BCUT2D eigenvalue weighted by molar-refractivity contribution is 5.60. The molecule has 0 saturated carbocycles. The minimum Gasteiger partial charge on any atom is -0.0912 e. The van der Waals surface area contributed by atoms with Crippen molar-refractivity contribution in [2.75, 3.05) is 0 Å². The van der Waals surface area contributed by atoms with Gasteiger partial charge >= 0.3 is 0 Å². The van der Waals surface area contributed by atoms with Gasteiger partial charge < -0.3 is 0 Å². The zero-order valence-electron chi connectivity index (χ0n) is 5.20. The molecule has 0 spiro atoms. The molecule has 0 amide bonds. The summed E-state index contributed by atoms with van der Waals surface area (Å²) in [6, 6.07) is 0. The van der Waals surface area contributed by atoms with Crippen LogP contribution in [0.25, 0.3) is 0 Å². The van der Waals surface area contributed by atoms with Crippen LogP contribution in [0.3, 0.4) is 0 Å². The average molecular weight is 106 g/mol. The summed E-state index contributed by atoms with van der Waals surface area (Å²) in [6.07, 6.45) is 3.18. The largest absolute Gasteiger partial charge is 0.0912 e. The van der Waals surface area contributed by atoms with Crippen molar-refractivity contribution in [3.05, 3.63) is 36.0 Å². The van der Waals surface area contributed by atoms with Crippen LogP contribution in [0.4, 0.5) is 0 Å². The molecule has 1 rings (SSSR count). The predicted octanol–water partition coefficient (Wildman–Crippen LogP) is 2.45. The lowest BCUT2D eigenvalue weighted by Crippen LogP contribution is -1.99. The molecule has 0 saturated heterocycles. The molecule has 0 radical (unpaired) electrons. The third-order valence-electron chi connectivity index (χ3n) is 1.50. The molecule has 0 aromatic carbocycles. The lowest BCUT2D eigenvalue weighted by atomic mass is 9.87. The molecule has 0 N–H and O–H groups in total. The maximum Gasteiger partial charge on any atom is -0.0230 e. The van der Waals surface area contributed by atoms with E-state index < -0.39 is 0 Å². The molecule has 0 bridgehead atoms. The Labute approximate surface area is 50.2 Å². The Hall–Kier alpha value is -0.780. The van der Waals surface area contributed by atoms with Crippen LogP contribution < -0.4 is 0 Å². The van der Waals surface area contributed by atoms with Crippen LogP contribution in [0, 0.1) is 0 Å². The van der Waals surface area contributed by atoms with Gasteiger partial charge in [-0.1, -0.05) is 26.2 Å². The number of allylic oxidation sites excluding steroid dienone is 4. The fourth-order valence-electron chi connectivity index (χ4n) is 0.828. The van der Waals surface area contributed by atoms with Gasteiger partial charge in [0.15, 0.2) is 0 Å². The van der Waals surface area contributed by atoms with Crippen molar-refractivity contribution < 1.29 is 0 Å². The van der Waals surface area contributed by atoms with Gasteiger partial charge in [-0.2, -0.15) is 0 Å². The van der Waals surface area contributed by atoms with Crippen molar-refractivity contribution >= 4 is 0 Å². The van der Waals surface area contributed by atoms with Crippen molar-refractivity contribution in [2.24, 2.45) is 0 Å². The third kappa shape index (κ3) is 0.532. The van der Waals surface area contributed by atoms with Crippen LogP contribution >= 0.6 is 0 Å². The second-order valence-electron chi connectivity index (χ2n) is 2.03. The van der Waals surface area contributed by atoms with E-state index >= 15 is 0 Å². The lowest BCUT2D eigenvalue weighted by Gasteiger charge is -2.18. The van der Waals surface area contributed by atoms with Crippen LogP contribution in [0.15, 0.2) is 36.0 Å². The van der Waals surface area contributed by atoms with Crippen molar-refractivity contribution in [1.29, 1.82) is 0 Å². The van der Waals surface area contributed by atoms with Crippen molar-refractivity contribution in [2.45, 2.75) is 13.3 Å². The van der Waals surface area contributed by atoms with E-state index in [9.17, 15) is 0 Å². The summed E-state index contributed by atoms with van der Waals surface area (Å²) in [4.78, 5) is 0. The van der Waals surface area contributed by atoms with Gasteiger partial charge in [-0.05, 0) is 23.1 Å². The first-order valence-electron chi connectivity index (χ1n) is 2.85. The second-order valence-corrected chi connectivity index (χ2v) is 2.03. The minimum atomic E-state index is 1.10. The molecule has 0 fully saturated rings. The molecule has 0 nitrogen and oxygen atoms in total. The minimum absolute atomic E-state index is 1.10. The molecule has 0 aromatic heterocycles. The maximum atomic E-state index is 3.83. The summed E-state index contributed by atoms with van der Waals surface area (Å²) in [6.45, 7) is 9.72. The maximum absolute atomic E-state index is 3.83. The van der Waals surface area contributed by atoms with E-state index in [0.29, 0.717) is 0 Å². The molecule has 0 heteroatoms. The fraction of sp³-hybridized carbons (Fsp3) is 0.250. The number of hydrogen-bond donors (Lipinski definition) is 0. The highest BCUT2D eigenvalue weighted by atomic mass is 14.2. The Morgan fingerprint density at radius 1 is 1.50 bits per heavy atom.